The molecule has 0 saturated heterocycles. The quantitative estimate of drug-likeness (QED) is 0.405. The van der Waals surface area contributed by atoms with Crippen LogP contribution >= 0.6 is 23.2 Å². The molecule has 2 aromatic carbocycles. The van der Waals surface area contributed by atoms with E-state index in [9.17, 15) is 22.4 Å². The molecule has 0 aliphatic heterocycles. The fraction of sp³-hybridized carbons (Fsp3) is 0.440. The van der Waals surface area contributed by atoms with E-state index in [2.05, 4.69) is 5.32 Å². The number of nitrogens with one attached hydrogen (secondary N) is 1. The van der Waals surface area contributed by atoms with E-state index < -0.39 is 34.5 Å². The number of benzene rings is 2. The largest absolute Gasteiger partial charge is 0.352 e. The lowest BCUT2D eigenvalue weighted by molar-refractivity contribution is -0.140. The number of hydrogen-bond donors (Lipinski definition) is 1. The Morgan fingerprint density at radius 3 is 2.05 bits per heavy atom. The lowest BCUT2D eigenvalue weighted by Crippen LogP contribution is -2.54. The third-order valence-corrected chi connectivity index (χ3v) is 8.44. The monoisotopic (exact) mass is 574 g/mol. The molecule has 0 aliphatic rings. The fourth-order valence-corrected chi connectivity index (χ4v) is 5.11. The Bertz CT molecular complexity index is 1180. The molecule has 2 aromatic rings. The zero-order valence-electron chi connectivity index (χ0n) is 21.5. The molecule has 37 heavy (non-hydrogen) atoms. The van der Waals surface area contributed by atoms with Crippen LogP contribution in [0, 0.1) is 5.82 Å². The average molecular weight is 576 g/mol. The van der Waals surface area contributed by atoms with E-state index >= 15 is 0 Å². The van der Waals surface area contributed by atoms with Crippen LogP contribution in [0.1, 0.15) is 39.2 Å². The number of hydrogen-bond acceptors (Lipinski definition) is 4. The SMILES string of the molecule is CC[C@H](C(=O)N[C@@H](C)CC)N(Cc1c(Cl)cccc1Cl)C(=O)CN(c1ccc(F)cc1)S(=O)(=O)N(C)C. The first-order valence-electron chi connectivity index (χ1n) is 11.8. The second-order valence-corrected chi connectivity index (χ2v) is 11.6. The van der Waals surface area contributed by atoms with Gasteiger partial charge in [-0.2, -0.15) is 12.7 Å². The minimum Gasteiger partial charge on any atom is -0.352 e. The van der Waals surface area contributed by atoms with Crippen molar-refractivity contribution in [1.29, 1.82) is 0 Å². The highest BCUT2D eigenvalue weighted by atomic mass is 35.5. The molecule has 2 rings (SSSR count). The standard InChI is InChI=1S/C25H33Cl2FN4O4S/c1-6-17(3)29-25(34)23(7-2)31(15-20-21(26)9-8-10-22(20)27)24(33)16-32(37(35,36)30(4)5)19-13-11-18(28)12-14-19/h8-14,17,23H,6-7,15-16H2,1-5H3,(H,29,34)/t17-,23+/m0/s1. The number of amides is 2. The van der Waals surface area contributed by atoms with Crippen LogP contribution in [-0.4, -0.2) is 62.2 Å². The maximum Gasteiger partial charge on any atom is 0.304 e. The maximum absolute atomic E-state index is 13.8. The Morgan fingerprint density at radius 1 is 1.00 bits per heavy atom. The number of halogens is 3. The lowest BCUT2D eigenvalue weighted by atomic mass is 10.1. The van der Waals surface area contributed by atoms with Crippen molar-refractivity contribution in [3.05, 3.63) is 63.9 Å². The van der Waals surface area contributed by atoms with Crippen molar-refractivity contribution in [2.24, 2.45) is 0 Å². The van der Waals surface area contributed by atoms with Gasteiger partial charge in [0, 0.05) is 42.3 Å². The zero-order valence-corrected chi connectivity index (χ0v) is 23.9. The molecular formula is C25H33Cl2FN4O4S. The van der Waals surface area contributed by atoms with Crippen LogP contribution in [0.3, 0.4) is 0 Å². The molecule has 0 heterocycles. The van der Waals surface area contributed by atoms with Gasteiger partial charge < -0.3 is 10.2 Å². The summed E-state index contributed by atoms with van der Waals surface area (Å²) in [7, 11) is -1.50. The van der Waals surface area contributed by atoms with E-state index in [0.29, 0.717) is 22.0 Å². The second kappa shape index (κ2) is 13.4. The summed E-state index contributed by atoms with van der Waals surface area (Å²) in [6.07, 6.45) is 0.943. The van der Waals surface area contributed by atoms with Crippen molar-refractivity contribution in [2.75, 3.05) is 24.9 Å². The first-order valence-corrected chi connectivity index (χ1v) is 14.0. The molecule has 0 unspecified atom stereocenters. The molecule has 0 aromatic heterocycles. The number of nitrogens with zero attached hydrogens (tertiary/aromatic N) is 3. The van der Waals surface area contributed by atoms with Crippen LogP contribution in [0.15, 0.2) is 42.5 Å². The summed E-state index contributed by atoms with van der Waals surface area (Å²) in [5.74, 6) is -1.59. The van der Waals surface area contributed by atoms with Crippen LogP contribution < -0.4 is 9.62 Å². The van der Waals surface area contributed by atoms with Gasteiger partial charge in [0.25, 0.3) is 0 Å². The molecule has 0 bridgehead atoms. The van der Waals surface area contributed by atoms with E-state index in [0.717, 1.165) is 20.7 Å². The highest BCUT2D eigenvalue weighted by Gasteiger charge is 2.34. The molecule has 0 radical (unpaired) electrons. The van der Waals surface area contributed by atoms with Gasteiger partial charge in [0.15, 0.2) is 0 Å². The summed E-state index contributed by atoms with van der Waals surface area (Å²) in [6.45, 7) is 4.76. The molecule has 2 amide bonds. The van der Waals surface area contributed by atoms with Crippen molar-refractivity contribution in [2.45, 2.75) is 52.2 Å². The van der Waals surface area contributed by atoms with Gasteiger partial charge in [0.2, 0.25) is 11.8 Å². The number of rotatable bonds is 12. The first-order chi connectivity index (χ1) is 17.3. The van der Waals surface area contributed by atoms with Crippen molar-refractivity contribution >= 4 is 50.9 Å². The number of anilines is 1. The Kier molecular flexibility index (Phi) is 11.2. The molecule has 0 fully saturated rings. The number of carbonyl (C=O) groups is 2. The third-order valence-electron chi connectivity index (χ3n) is 5.91. The van der Waals surface area contributed by atoms with Crippen LogP contribution in [0.2, 0.25) is 10.0 Å². The smallest absolute Gasteiger partial charge is 0.304 e. The predicted octanol–water partition coefficient (Wildman–Crippen LogP) is 4.47. The van der Waals surface area contributed by atoms with E-state index in [4.69, 9.17) is 23.2 Å². The minimum absolute atomic E-state index is 0.0938. The summed E-state index contributed by atoms with van der Waals surface area (Å²) in [4.78, 5) is 28.3. The summed E-state index contributed by atoms with van der Waals surface area (Å²) in [6, 6.07) is 8.59. The highest BCUT2D eigenvalue weighted by molar-refractivity contribution is 7.90. The predicted molar refractivity (Wildman–Crippen MR) is 145 cm³/mol. The van der Waals surface area contributed by atoms with Gasteiger partial charge in [-0.05, 0) is 56.2 Å². The summed E-state index contributed by atoms with van der Waals surface area (Å²) in [5.41, 5.74) is 0.522. The Labute approximate surface area is 228 Å². The van der Waals surface area contributed by atoms with Gasteiger partial charge in [-0.1, -0.05) is 43.1 Å². The molecule has 1 N–H and O–H groups in total. The van der Waals surface area contributed by atoms with Gasteiger partial charge >= 0.3 is 10.2 Å². The Morgan fingerprint density at radius 2 is 1.57 bits per heavy atom. The van der Waals surface area contributed by atoms with E-state index in [1.165, 1.54) is 31.1 Å². The van der Waals surface area contributed by atoms with E-state index in [-0.39, 0.29) is 30.6 Å². The van der Waals surface area contributed by atoms with Crippen LogP contribution in [0.5, 0.6) is 0 Å². The van der Waals surface area contributed by atoms with Gasteiger partial charge in [-0.25, -0.2) is 8.70 Å². The second-order valence-electron chi connectivity index (χ2n) is 8.74. The van der Waals surface area contributed by atoms with Gasteiger partial charge in [-0.15, -0.1) is 0 Å². The molecule has 0 spiro atoms. The average Bonchev–Trinajstić information content (AvgIpc) is 2.84. The van der Waals surface area contributed by atoms with Crippen LogP contribution in [0.25, 0.3) is 0 Å². The minimum atomic E-state index is -4.15. The topological polar surface area (TPSA) is 90.0 Å². The van der Waals surface area contributed by atoms with Crippen LogP contribution in [0.4, 0.5) is 10.1 Å². The summed E-state index contributed by atoms with van der Waals surface area (Å²) < 4.78 is 41.7. The molecule has 12 heteroatoms. The molecule has 2 atom stereocenters. The Hall–Kier alpha value is -2.40. The zero-order chi connectivity index (χ0) is 27.9. The van der Waals surface area contributed by atoms with Gasteiger partial charge in [0.1, 0.15) is 18.4 Å². The van der Waals surface area contributed by atoms with Gasteiger partial charge in [0.05, 0.1) is 5.69 Å². The summed E-state index contributed by atoms with van der Waals surface area (Å²) >= 11 is 12.7. The Balaban J connectivity index is 2.56. The van der Waals surface area contributed by atoms with Crippen molar-refractivity contribution in [1.82, 2.24) is 14.5 Å². The third kappa shape index (κ3) is 7.80. The van der Waals surface area contributed by atoms with Crippen molar-refractivity contribution < 1.29 is 22.4 Å². The normalized spacial score (nSPS) is 13.2. The molecule has 8 nitrogen and oxygen atoms in total. The molecule has 0 saturated carbocycles. The fourth-order valence-electron chi connectivity index (χ4n) is 3.54. The molecular weight excluding hydrogens is 542 g/mol. The molecule has 204 valence electrons. The van der Waals surface area contributed by atoms with Gasteiger partial charge in [-0.3, -0.25) is 9.59 Å². The highest BCUT2D eigenvalue weighted by Crippen LogP contribution is 2.28. The first kappa shape index (κ1) is 30.8. The van der Waals surface area contributed by atoms with Crippen molar-refractivity contribution in [3.8, 4) is 0 Å². The van der Waals surface area contributed by atoms with E-state index in [1.54, 1.807) is 25.1 Å². The van der Waals surface area contributed by atoms with E-state index in [1.807, 2.05) is 13.8 Å². The molecule has 0 aliphatic carbocycles. The van der Waals surface area contributed by atoms with Crippen molar-refractivity contribution in [3.63, 3.8) is 0 Å². The maximum atomic E-state index is 13.8. The number of carbonyl (C=O) groups excluding carboxylic acids is 2. The lowest BCUT2D eigenvalue weighted by Gasteiger charge is -2.34. The van der Waals surface area contributed by atoms with Crippen LogP contribution in [-0.2, 0) is 26.3 Å². The summed E-state index contributed by atoms with van der Waals surface area (Å²) in [5, 5.41) is 3.50.